The highest BCUT2D eigenvalue weighted by Gasteiger charge is 1.93. The Labute approximate surface area is 55.2 Å². The van der Waals surface area contributed by atoms with Gasteiger partial charge in [0.15, 0.2) is 5.69 Å². The van der Waals surface area contributed by atoms with E-state index in [1.807, 2.05) is 24.4 Å². The Balaban J connectivity index is 3.01. The van der Waals surface area contributed by atoms with Gasteiger partial charge in [0, 0.05) is 6.07 Å². The molecule has 0 aliphatic heterocycles. The summed E-state index contributed by atoms with van der Waals surface area (Å²) < 4.78 is 2.14. The first-order valence-corrected chi connectivity index (χ1v) is 2.44. The maximum Gasteiger partial charge on any atom is 0.240 e. The van der Waals surface area contributed by atoms with Crippen LogP contribution in [-0.2, 0) is 6.61 Å². The zero-order valence-electron chi connectivity index (χ0n) is 4.41. The molecule has 2 nitrogen and oxygen atoms in total. The van der Waals surface area contributed by atoms with Gasteiger partial charge in [-0.15, -0.1) is 0 Å². The number of nitrogens with zero attached hydrogens (tertiary/aromatic N) is 1. The molecule has 0 atom stereocenters. The fraction of sp³-hybridized carbons (Fsp3) is 0.167. The minimum Gasteiger partial charge on any atom is -0.430 e. The quantitative estimate of drug-likeness (QED) is 0.456. The summed E-state index contributed by atoms with van der Waals surface area (Å²) in [4.78, 5) is 0. The number of rotatable bonds is 1. The van der Waals surface area contributed by atoms with Crippen LogP contribution in [0, 0.1) is 0 Å². The van der Waals surface area contributed by atoms with Crippen LogP contribution in [0.15, 0.2) is 24.4 Å². The normalized spacial score (nSPS) is 9.56. The Kier molecular flexibility index (Phi) is 1.85. The molecule has 0 radical (unpaired) electrons. The molecule has 0 fully saturated rings. The van der Waals surface area contributed by atoms with E-state index >= 15 is 0 Å². The number of aliphatic hydroxyl groups excluding tert-OH is 1. The molecule has 1 N–H and O–H groups in total. The van der Waals surface area contributed by atoms with Crippen LogP contribution >= 0.6 is 0 Å². The molecule has 0 unspecified atom stereocenters. The van der Waals surface area contributed by atoms with Crippen LogP contribution in [0.3, 0.4) is 0 Å². The molecule has 0 spiro atoms. The van der Waals surface area contributed by atoms with Gasteiger partial charge in [-0.1, -0.05) is 6.07 Å². The first-order valence-electron chi connectivity index (χ1n) is 2.44. The molecule has 0 aromatic carbocycles. The van der Waals surface area contributed by atoms with Crippen LogP contribution in [0.1, 0.15) is 5.69 Å². The fourth-order valence-electron chi connectivity index (χ4n) is 0.492. The van der Waals surface area contributed by atoms with Gasteiger partial charge in [-0.05, 0) is 6.07 Å². The third-order valence-electron chi connectivity index (χ3n) is 0.888. The van der Waals surface area contributed by atoms with E-state index in [9.17, 15) is 0 Å². The van der Waals surface area contributed by atoms with Gasteiger partial charge in [-0.25, -0.2) is 0 Å². The second-order valence-electron chi connectivity index (χ2n) is 1.48. The lowest BCUT2D eigenvalue weighted by atomic mass is 10.3. The number of hydrogen-bond donors (Lipinski definition) is 1. The van der Waals surface area contributed by atoms with E-state index in [4.69, 9.17) is 5.11 Å². The van der Waals surface area contributed by atoms with Crippen LogP contribution in [0.2, 0.25) is 0 Å². The molecule has 0 amide bonds. The summed E-state index contributed by atoms with van der Waals surface area (Å²) >= 11 is 0. The summed E-state index contributed by atoms with van der Waals surface area (Å²) in [7, 11) is 0.169. The molecule has 1 heterocycles. The lowest BCUT2D eigenvalue weighted by molar-refractivity contribution is -0.534. The standard InChI is InChI=1S/C6H10BNO/c7-8-4-2-1-3-6(8)5-9/h1-4,9H,5H2,7H3. The summed E-state index contributed by atoms with van der Waals surface area (Å²) in [6.07, 6.45) is 2.02. The van der Waals surface area contributed by atoms with Crippen molar-refractivity contribution >= 4 is 7.98 Å². The Morgan fingerprint density at radius 1 is 1.56 bits per heavy atom. The van der Waals surface area contributed by atoms with E-state index in [0.29, 0.717) is 0 Å². The van der Waals surface area contributed by atoms with Crippen molar-refractivity contribution in [2.24, 2.45) is 0 Å². The molecular weight excluding hydrogens is 113 g/mol. The van der Waals surface area contributed by atoms with Gasteiger partial charge in [0.25, 0.3) is 0 Å². The third-order valence-corrected chi connectivity index (χ3v) is 0.888. The van der Waals surface area contributed by atoms with Crippen LogP contribution in [0.25, 0.3) is 0 Å². The van der Waals surface area contributed by atoms with E-state index < -0.39 is 0 Å². The zero-order chi connectivity index (χ0) is 6.69. The summed E-state index contributed by atoms with van der Waals surface area (Å²) in [5.41, 5.74) is 1.04. The Hall–Kier alpha value is -0.825. The van der Waals surface area contributed by atoms with Crippen LogP contribution in [0.5, 0.6) is 0 Å². The highest BCUT2D eigenvalue weighted by Crippen LogP contribution is 1.86. The average molecular weight is 123 g/mol. The Morgan fingerprint density at radius 3 is 2.78 bits per heavy atom. The Bertz CT molecular complexity index is 202. The van der Waals surface area contributed by atoms with Gasteiger partial charge in [-0.3, -0.25) is 0 Å². The Morgan fingerprint density at radius 2 is 2.33 bits per heavy atom. The van der Waals surface area contributed by atoms with Crippen molar-refractivity contribution in [3.8, 4) is 0 Å². The summed E-state index contributed by atoms with van der Waals surface area (Å²) in [5, 5.41) is 8.74. The molecule has 0 saturated heterocycles. The molecule has 0 bridgehead atoms. The van der Waals surface area contributed by atoms with Crippen LogP contribution in [0.4, 0.5) is 0 Å². The minimum atomic E-state index is 0.169. The number of aliphatic hydroxyl groups is 1. The van der Waals surface area contributed by atoms with E-state index in [0.717, 1.165) is 5.69 Å². The van der Waals surface area contributed by atoms with Gasteiger partial charge in [0.2, 0.25) is 7.98 Å². The molecule has 48 valence electrons. The van der Waals surface area contributed by atoms with E-state index in [-0.39, 0.29) is 14.6 Å². The molecule has 1 rings (SSSR count). The van der Waals surface area contributed by atoms with Crippen molar-refractivity contribution in [1.29, 1.82) is 0 Å². The zero-order valence-corrected chi connectivity index (χ0v) is 4.41. The smallest absolute Gasteiger partial charge is 0.240 e. The molecular formula is C6H10BNO. The fourth-order valence-corrected chi connectivity index (χ4v) is 0.492. The van der Waals surface area contributed by atoms with E-state index in [2.05, 4.69) is 4.48 Å². The third kappa shape index (κ3) is 1.30. The molecule has 0 aliphatic rings. The molecule has 1 aromatic rings. The van der Waals surface area contributed by atoms with E-state index in [1.165, 1.54) is 0 Å². The number of hydrogen-bond acceptors (Lipinski definition) is 1. The highest BCUT2D eigenvalue weighted by atomic mass is 16.3. The largest absolute Gasteiger partial charge is 0.430 e. The lowest BCUT2D eigenvalue weighted by Gasteiger charge is -1.99. The van der Waals surface area contributed by atoms with Crippen molar-refractivity contribution in [2.45, 2.75) is 6.61 Å². The van der Waals surface area contributed by atoms with Gasteiger partial charge >= 0.3 is 0 Å². The van der Waals surface area contributed by atoms with Crippen molar-refractivity contribution < 1.29 is 9.58 Å². The second-order valence-corrected chi connectivity index (χ2v) is 1.48. The molecule has 3 heteroatoms. The first kappa shape index (κ1) is 6.30. The monoisotopic (exact) mass is 123 g/mol. The second kappa shape index (κ2) is 2.64. The first-order chi connectivity index (χ1) is 4.34. The van der Waals surface area contributed by atoms with Gasteiger partial charge in [-0.2, -0.15) is 0 Å². The molecule has 9 heavy (non-hydrogen) atoms. The summed E-state index contributed by atoms with van der Waals surface area (Å²) in [5.74, 6) is 0. The molecule has 0 saturated carbocycles. The van der Waals surface area contributed by atoms with Crippen molar-refractivity contribution in [2.75, 3.05) is 0 Å². The number of aromatic nitrogens is 1. The average Bonchev–Trinajstić information content (AvgIpc) is 1.89. The van der Waals surface area contributed by atoms with Gasteiger partial charge < -0.3 is 9.58 Å². The number of pyridine rings is 1. The van der Waals surface area contributed by atoms with Crippen LogP contribution in [-0.4, -0.2) is 13.1 Å². The van der Waals surface area contributed by atoms with Gasteiger partial charge in [0.05, 0.1) is 0 Å². The topological polar surface area (TPSA) is 24.1 Å². The predicted molar refractivity (Wildman–Crippen MR) is 37.9 cm³/mol. The molecule has 0 aliphatic carbocycles. The maximum absolute atomic E-state index is 8.74. The maximum atomic E-state index is 8.74. The van der Waals surface area contributed by atoms with Crippen molar-refractivity contribution in [3.05, 3.63) is 30.1 Å². The SMILES string of the molecule is [BH3-][n+]1ccccc1CO. The lowest BCUT2D eigenvalue weighted by Crippen LogP contribution is -2.35. The highest BCUT2D eigenvalue weighted by molar-refractivity contribution is 5.94. The van der Waals surface area contributed by atoms with Crippen molar-refractivity contribution in [3.63, 3.8) is 0 Å². The van der Waals surface area contributed by atoms with Crippen molar-refractivity contribution in [1.82, 2.24) is 0 Å². The van der Waals surface area contributed by atoms with E-state index in [1.54, 1.807) is 0 Å². The van der Waals surface area contributed by atoms with Crippen LogP contribution < -0.4 is 4.48 Å². The molecule has 1 aromatic heterocycles. The summed E-state index contributed by atoms with van der Waals surface area (Å²) in [6, 6.07) is 5.89. The minimum absolute atomic E-state index is 0.169. The predicted octanol–water partition coefficient (Wildman–Crippen LogP) is -1.41. The van der Waals surface area contributed by atoms with Gasteiger partial charge in [0.1, 0.15) is 12.8 Å². The summed E-state index contributed by atoms with van der Waals surface area (Å²) in [6.45, 7) is 0.171.